The minimum Gasteiger partial charge on any atom is -0.320 e. The summed E-state index contributed by atoms with van der Waals surface area (Å²) in [4.78, 5) is 11.2. The molecule has 1 atom stereocenters. The predicted molar refractivity (Wildman–Crippen MR) is 50.2 cm³/mol. The molecular formula is C8H14N4O. The lowest BCUT2D eigenvalue weighted by molar-refractivity contribution is -0.117. The third kappa shape index (κ3) is 2.29. The van der Waals surface area contributed by atoms with Gasteiger partial charge >= 0.3 is 0 Å². The van der Waals surface area contributed by atoms with Gasteiger partial charge < -0.3 is 11.1 Å². The minimum atomic E-state index is -0.500. The van der Waals surface area contributed by atoms with Crippen molar-refractivity contribution in [3.05, 3.63) is 12.3 Å². The molecule has 1 heterocycles. The second-order valence-corrected chi connectivity index (χ2v) is 2.81. The summed E-state index contributed by atoms with van der Waals surface area (Å²) < 4.78 is 1.69. The summed E-state index contributed by atoms with van der Waals surface area (Å²) in [6.45, 7) is 4.32. The second-order valence-electron chi connectivity index (χ2n) is 2.81. The number of nitrogens with zero attached hydrogens (tertiary/aromatic N) is 2. The molecule has 13 heavy (non-hydrogen) atoms. The molecule has 0 aliphatic carbocycles. The van der Waals surface area contributed by atoms with Gasteiger partial charge in [0, 0.05) is 12.6 Å². The molecule has 0 saturated carbocycles. The number of carbonyl (C=O) groups is 1. The molecule has 3 N–H and O–H groups in total. The number of nitrogens with two attached hydrogens (primary N) is 1. The van der Waals surface area contributed by atoms with E-state index in [1.165, 1.54) is 0 Å². The van der Waals surface area contributed by atoms with E-state index in [0.29, 0.717) is 5.82 Å². The van der Waals surface area contributed by atoms with Crippen LogP contribution in [-0.2, 0) is 11.3 Å². The van der Waals surface area contributed by atoms with Crippen LogP contribution in [0.3, 0.4) is 0 Å². The first-order chi connectivity index (χ1) is 6.15. The maximum absolute atomic E-state index is 11.2. The van der Waals surface area contributed by atoms with E-state index in [-0.39, 0.29) is 5.91 Å². The van der Waals surface area contributed by atoms with Gasteiger partial charge in [-0.1, -0.05) is 0 Å². The van der Waals surface area contributed by atoms with Crippen LogP contribution in [-0.4, -0.2) is 21.7 Å². The van der Waals surface area contributed by atoms with Crippen LogP contribution >= 0.6 is 0 Å². The first-order valence-corrected chi connectivity index (χ1v) is 4.23. The Morgan fingerprint density at radius 1 is 1.85 bits per heavy atom. The van der Waals surface area contributed by atoms with Gasteiger partial charge in [-0.05, 0) is 13.8 Å². The zero-order valence-electron chi connectivity index (χ0n) is 7.82. The van der Waals surface area contributed by atoms with Crippen molar-refractivity contribution in [2.75, 3.05) is 5.32 Å². The van der Waals surface area contributed by atoms with E-state index < -0.39 is 6.04 Å². The molecule has 5 nitrogen and oxygen atoms in total. The molecule has 1 aromatic heterocycles. The second kappa shape index (κ2) is 4.04. The van der Waals surface area contributed by atoms with E-state index in [1.54, 1.807) is 23.9 Å². The van der Waals surface area contributed by atoms with Crippen LogP contribution in [0.25, 0.3) is 0 Å². The van der Waals surface area contributed by atoms with Gasteiger partial charge in [0.25, 0.3) is 0 Å². The Labute approximate surface area is 76.9 Å². The molecule has 0 aliphatic heterocycles. The topological polar surface area (TPSA) is 72.9 Å². The third-order valence-corrected chi connectivity index (χ3v) is 1.68. The number of nitrogens with one attached hydrogen (secondary N) is 1. The summed E-state index contributed by atoms with van der Waals surface area (Å²) in [5.74, 6) is 0.486. The average molecular weight is 182 g/mol. The Morgan fingerprint density at radius 3 is 3.08 bits per heavy atom. The Hall–Kier alpha value is -1.36. The highest BCUT2D eigenvalue weighted by molar-refractivity contribution is 5.93. The first-order valence-electron chi connectivity index (χ1n) is 4.23. The largest absolute Gasteiger partial charge is 0.320 e. The number of amides is 1. The number of aromatic nitrogens is 2. The Kier molecular flexibility index (Phi) is 3.02. The SMILES string of the molecule is CCn1nccc1NC(=O)C(C)N. The lowest BCUT2D eigenvalue weighted by Crippen LogP contribution is -2.33. The fourth-order valence-electron chi connectivity index (χ4n) is 0.931. The van der Waals surface area contributed by atoms with Crippen LogP contribution in [0.15, 0.2) is 12.3 Å². The zero-order valence-corrected chi connectivity index (χ0v) is 7.82. The van der Waals surface area contributed by atoms with Gasteiger partial charge in [0.15, 0.2) is 0 Å². The molecule has 0 radical (unpaired) electrons. The minimum absolute atomic E-state index is 0.199. The van der Waals surface area contributed by atoms with Gasteiger partial charge in [0.1, 0.15) is 5.82 Å². The van der Waals surface area contributed by atoms with Crippen LogP contribution in [0.2, 0.25) is 0 Å². The zero-order chi connectivity index (χ0) is 9.84. The van der Waals surface area contributed by atoms with Gasteiger partial charge in [-0.3, -0.25) is 4.79 Å². The fourth-order valence-corrected chi connectivity index (χ4v) is 0.931. The lowest BCUT2D eigenvalue weighted by Gasteiger charge is -2.08. The van der Waals surface area contributed by atoms with Crippen LogP contribution in [0.1, 0.15) is 13.8 Å². The standard InChI is InChI=1S/C8H14N4O/c1-3-12-7(4-5-10-12)11-8(13)6(2)9/h4-6H,3,9H2,1-2H3,(H,11,13). The Bertz CT molecular complexity index is 292. The van der Waals surface area contributed by atoms with E-state index in [0.717, 1.165) is 6.54 Å². The molecule has 5 heteroatoms. The van der Waals surface area contributed by atoms with Crippen molar-refractivity contribution in [1.29, 1.82) is 0 Å². The van der Waals surface area contributed by atoms with Gasteiger partial charge in [0.2, 0.25) is 5.91 Å². The quantitative estimate of drug-likeness (QED) is 0.700. The predicted octanol–water partition coefficient (Wildman–Crippen LogP) is 0.189. The highest BCUT2D eigenvalue weighted by atomic mass is 16.2. The summed E-state index contributed by atoms with van der Waals surface area (Å²) in [6.07, 6.45) is 1.64. The molecule has 0 fully saturated rings. The maximum atomic E-state index is 11.2. The van der Waals surface area contributed by atoms with Crippen molar-refractivity contribution in [3.63, 3.8) is 0 Å². The number of rotatable bonds is 3. The van der Waals surface area contributed by atoms with E-state index in [2.05, 4.69) is 10.4 Å². The maximum Gasteiger partial charge on any atom is 0.242 e. The number of hydrogen-bond donors (Lipinski definition) is 2. The van der Waals surface area contributed by atoms with Gasteiger partial charge in [-0.2, -0.15) is 5.10 Å². The number of carbonyl (C=O) groups excluding carboxylic acids is 1. The van der Waals surface area contributed by atoms with E-state index in [4.69, 9.17) is 5.73 Å². The van der Waals surface area contributed by atoms with Gasteiger partial charge in [-0.25, -0.2) is 4.68 Å². The molecule has 1 aromatic rings. The van der Waals surface area contributed by atoms with Crippen molar-refractivity contribution in [2.45, 2.75) is 26.4 Å². The molecule has 0 aromatic carbocycles. The smallest absolute Gasteiger partial charge is 0.242 e. The molecule has 1 rings (SSSR count). The number of aryl methyl sites for hydroxylation is 1. The average Bonchev–Trinajstić information content (AvgIpc) is 2.51. The molecule has 72 valence electrons. The molecular weight excluding hydrogens is 168 g/mol. The summed E-state index contributed by atoms with van der Waals surface area (Å²) >= 11 is 0. The van der Waals surface area contributed by atoms with Crippen molar-refractivity contribution in [2.24, 2.45) is 5.73 Å². The van der Waals surface area contributed by atoms with E-state index in [1.807, 2.05) is 6.92 Å². The molecule has 1 unspecified atom stereocenters. The summed E-state index contributed by atoms with van der Waals surface area (Å²) in [5, 5.41) is 6.69. The third-order valence-electron chi connectivity index (χ3n) is 1.68. The van der Waals surface area contributed by atoms with Crippen LogP contribution in [0, 0.1) is 0 Å². The summed E-state index contributed by atoms with van der Waals surface area (Å²) in [6, 6.07) is 1.24. The van der Waals surface area contributed by atoms with Crippen molar-refractivity contribution in [1.82, 2.24) is 9.78 Å². The van der Waals surface area contributed by atoms with Crippen molar-refractivity contribution in [3.8, 4) is 0 Å². The monoisotopic (exact) mass is 182 g/mol. The van der Waals surface area contributed by atoms with Crippen LogP contribution < -0.4 is 11.1 Å². The van der Waals surface area contributed by atoms with Gasteiger partial charge in [-0.15, -0.1) is 0 Å². The summed E-state index contributed by atoms with van der Waals surface area (Å²) in [7, 11) is 0. The first kappa shape index (κ1) is 9.73. The van der Waals surface area contributed by atoms with Crippen molar-refractivity contribution < 1.29 is 4.79 Å². The van der Waals surface area contributed by atoms with Crippen LogP contribution in [0.5, 0.6) is 0 Å². The molecule has 0 saturated heterocycles. The Balaban J connectivity index is 2.68. The van der Waals surface area contributed by atoms with Crippen LogP contribution in [0.4, 0.5) is 5.82 Å². The Morgan fingerprint density at radius 2 is 2.54 bits per heavy atom. The highest BCUT2D eigenvalue weighted by Gasteiger charge is 2.09. The van der Waals surface area contributed by atoms with Crippen molar-refractivity contribution >= 4 is 11.7 Å². The molecule has 0 spiro atoms. The molecule has 1 amide bonds. The summed E-state index contributed by atoms with van der Waals surface area (Å²) in [5.41, 5.74) is 5.40. The van der Waals surface area contributed by atoms with E-state index >= 15 is 0 Å². The highest BCUT2D eigenvalue weighted by Crippen LogP contribution is 2.05. The van der Waals surface area contributed by atoms with E-state index in [9.17, 15) is 4.79 Å². The fraction of sp³-hybridized carbons (Fsp3) is 0.500. The van der Waals surface area contributed by atoms with Gasteiger partial charge in [0.05, 0.1) is 12.2 Å². The number of hydrogen-bond acceptors (Lipinski definition) is 3. The molecule has 0 bridgehead atoms. The molecule has 0 aliphatic rings. The lowest BCUT2D eigenvalue weighted by atomic mass is 10.3. The number of anilines is 1. The normalized spacial score (nSPS) is 12.5.